The van der Waals surface area contributed by atoms with Crippen LogP contribution in [0.5, 0.6) is 0 Å². The quantitative estimate of drug-likeness (QED) is 0.784. The Bertz CT molecular complexity index is 436. The fourth-order valence-corrected chi connectivity index (χ4v) is 3.08. The highest BCUT2D eigenvalue weighted by Gasteiger charge is 2.24. The van der Waals surface area contributed by atoms with Crippen molar-refractivity contribution in [1.29, 1.82) is 0 Å². The van der Waals surface area contributed by atoms with Crippen molar-refractivity contribution >= 4 is 11.5 Å². The first kappa shape index (κ1) is 10.8. The van der Waals surface area contributed by atoms with Gasteiger partial charge in [0.1, 0.15) is 0 Å². The molecule has 0 unspecified atom stereocenters. The van der Waals surface area contributed by atoms with Crippen LogP contribution in [-0.2, 0) is 12.8 Å². The Morgan fingerprint density at radius 2 is 1.76 bits per heavy atom. The second-order valence-electron chi connectivity index (χ2n) is 4.96. The van der Waals surface area contributed by atoms with Crippen molar-refractivity contribution in [2.75, 3.05) is 24.5 Å². The van der Waals surface area contributed by atoms with E-state index in [1.165, 1.54) is 42.7 Å². The molecular weight excluding hydrogens is 212 g/mol. The van der Waals surface area contributed by atoms with Gasteiger partial charge in [0.2, 0.25) is 0 Å². The number of Topliss-reactive ketones (excluding diaryl/α,β-unsaturated/α-hetero) is 1. The fourth-order valence-electron chi connectivity index (χ4n) is 3.08. The number of hydrogen-bond acceptors (Lipinski definition) is 3. The molecule has 0 amide bonds. The van der Waals surface area contributed by atoms with E-state index >= 15 is 0 Å². The van der Waals surface area contributed by atoms with Crippen molar-refractivity contribution in [3.05, 3.63) is 28.8 Å². The van der Waals surface area contributed by atoms with Gasteiger partial charge in [-0.2, -0.15) is 0 Å². The van der Waals surface area contributed by atoms with Gasteiger partial charge in [-0.15, -0.1) is 0 Å². The Morgan fingerprint density at radius 3 is 2.29 bits per heavy atom. The van der Waals surface area contributed by atoms with Gasteiger partial charge in [-0.1, -0.05) is 0 Å². The van der Waals surface area contributed by atoms with Crippen molar-refractivity contribution in [2.24, 2.45) is 5.73 Å². The van der Waals surface area contributed by atoms with E-state index in [2.05, 4.69) is 17.0 Å². The predicted octanol–water partition coefficient (Wildman–Crippen LogP) is 1.53. The van der Waals surface area contributed by atoms with Gasteiger partial charge in [-0.05, 0) is 48.9 Å². The lowest BCUT2D eigenvalue weighted by Gasteiger charge is -2.37. The first-order valence-electron chi connectivity index (χ1n) is 6.43. The summed E-state index contributed by atoms with van der Waals surface area (Å²) in [6.07, 6.45) is 4.61. The number of nitrogens with two attached hydrogens (primary N) is 1. The number of carbonyl (C=O) groups is 1. The number of rotatable bonds is 2. The standard InChI is InChI=1S/C14H18N2O/c15-9-13(17)12-7-10-3-1-5-16-6-2-4-11(8-12)14(10)16/h7-8H,1-6,9,15H2. The molecule has 0 bridgehead atoms. The molecule has 0 fully saturated rings. The minimum Gasteiger partial charge on any atom is -0.371 e. The molecule has 1 aromatic rings. The van der Waals surface area contributed by atoms with E-state index in [9.17, 15) is 4.79 Å². The maximum atomic E-state index is 11.7. The van der Waals surface area contributed by atoms with Gasteiger partial charge in [0.25, 0.3) is 0 Å². The molecule has 90 valence electrons. The lowest BCUT2D eigenvalue weighted by atomic mass is 9.89. The smallest absolute Gasteiger partial charge is 0.176 e. The van der Waals surface area contributed by atoms with E-state index in [0.29, 0.717) is 0 Å². The van der Waals surface area contributed by atoms with E-state index in [1.807, 2.05) is 0 Å². The Labute approximate surface area is 102 Å². The third kappa shape index (κ3) is 1.75. The van der Waals surface area contributed by atoms with Crippen LogP contribution in [0.4, 0.5) is 5.69 Å². The Hall–Kier alpha value is -1.35. The summed E-state index contributed by atoms with van der Waals surface area (Å²) in [4.78, 5) is 14.2. The largest absolute Gasteiger partial charge is 0.371 e. The maximum absolute atomic E-state index is 11.7. The summed E-state index contributed by atoms with van der Waals surface area (Å²) in [6, 6.07) is 4.12. The van der Waals surface area contributed by atoms with Crippen molar-refractivity contribution in [3.63, 3.8) is 0 Å². The molecule has 2 aliphatic heterocycles. The number of anilines is 1. The van der Waals surface area contributed by atoms with Gasteiger partial charge in [0.15, 0.2) is 5.78 Å². The van der Waals surface area contributed by atoms with E-state index in [4.69, 9.17) is 5.73 Å². The van der Waals surface area contributed by atoms with Gasteiger partial charge < -0.3 is 10.6 Å². The van der Waals surface area contributed by atoms with Gasteiger partial charge in [0.05, 0.1) is 6.54 Å². The zero-order chi connectivity index (χ0) is 11.8. The summed E-state index contributed by atoms with van der Waals surface area (Å²) in [5.41, 5.74) is 10.4. The second kappa shape index (κ2) is 4.15. The zero-order valence-electron chi connectivity index (χ0n) is 10.0. The molecule has 2 N–H and O–H groups in total. The average molecular weight is 230 g/mol. The van der Waals surface area contributed by atoms with E-state index in [-0.39, 0.29) is 12.3 Å². The number of aryl methyl sites for hydroxylation is 2. The van der Waals surface area contributed by atoms with Crippen molar-refractivity contribution < 1.29 is 4.79 Å². The van der Waals surface area contributed by atoms with Crippen LogP contribution in [0.25, 0.3) is 0 Å². The second-order valence-corrected chi connectivity index (χ2v) is 4.96. The Morgan fingerprint density at radius 1 is 1.18 bits per heavy atom. The topological polar surface area (TPSA) is 46.3 Å². The molecule has 1 aromatic carbocycles. The summed E-state index contributed by atoms with van der Waals surface area (Å²) in [6.45, 7) is 2.45. The minimum atomic E-state index is 0.0618. The molecule has 17 heavy (non-hydrogen) atoms. The van der Waals surface area contributed by atoms with Crippen LogP contribution >= 0.6 is 0 Å². The van der Waals surface area contributed by atoms with Gasteiger partial charge in [0, 0.05) is 24.3 Å². The van der Waals surface area contributed by atoms with Gasteiger partial charge in [-0.25, -0.2) is 0 Å². The van der Waals surface area contributed by atoms with Crippen molar-refractivity contribution in [3.8, 4) is 0 Å². The number of nitrogens with zero attached hydrogens (tertiary/aromatic N) is 1. The first-order valence-corrected chi connectivity index (χ1v) is 6.43. The number of hydrogen-bond donors (Lipinski definition) is 1. The molecule has 0 aromatic heterocycles. The number of benzene rings is 1. The molecule has 0 saturated heterocycles. The van der Waals surface area contributed by atoms with E-state index in [1.54, 1.807) is 0 Å². The fraction of sp³-hybridized carbons (Fsp3) is 0.500. The van der Waals surface area contributed by atoms with Gasteiger partial charge >= 0.3 is 0 Å². The van der Waals surface area contributed by atoms with Crippen LogP contribution < -0.4 is 10.6 Å². The lowest BCUT2D eigenvalue weighted by Crippen LogP contribution is -2.34. The highest BCUT2D eigenvalue weighted by molar-refractivity contribution is 5.98. The molecule has 0 atom stereocenters. The Kier molecular flexibility index (Phi) is 2.63. The predicted molar refractivity (Wildman–Crippen MR) is 68.7 cm³/mol. The Balaban J connectivity index is 2.11. The summed E-state index contributed by atoms with van der Waals surface area (Å²) in [7, 11) is 0. The third-order valence-corrected chi connectivity index (χ3v) is 3.84. The molecule has 0 saturated carbocycles. The van der Waals surface area contributed by atoms with E-state index in [0.717, 1.165) is 18.4 Å². The number of carbonyl (C=O) groups excluding carboxylic acids is 1. The molecule has 0 radical (unpaired) electrons. The SMILES string of the molecule is NCC(=O)c1cc2c3c(c1)CCCN3CCC2. The molecule has 2 heterocycles. The normalized spacial score (nSPS) is 17.8. The summed E-state index contributed by atoms with van der Waals surface area (Å²) >= 11 is 0. The molecule has 3 heteroatoms. The van der Waals surface area contributed by atoms with Crippen LogP contribution in [0.1, 0.15) is 34.3 Å². The first-order chi connectivity index (χ1) is 8.29. The molecule has 0 spiro atoms. The summed E-state index contributed by atoms with van der Waals surface area (Å²) in [5.74, 6) is 0.0618. The van der Waals surface area contributed by atoms with Crippen LogP contribution in [0.15, 0.2) is 12.1 Å². The molecule has 0 aliphatic carbocycles. The molecule has 3 nitrogen and oxygen atoms in total. The van der Waals surface area contributed by atoms with Crippen molar-refractivity contribution in [1.82, 2.24) is 0 Å². The monoisotopic (exact) mass is 230 g/mol. The molecule has 3 rings (SSSR count). The third-order valence-electron chi connectivity index (χ3n) is 3.84. The van der Waals surface area contributed by atoms with Crippen molar-refractivity contribution in [2.45, 2.75) is 25.7 Å². The molecule has 2 aliphatic rings. The maximum Gasteiger partial charge on any atom is 0.176 e. The highest BCUT2D eigenvalue weighted by Crippen LogP contribution is 2.36. The van der Waals surface area contributed by atoms with Crippen LogP contribution in [0.3, 0.4) is 0 Å². The highest BCUT2D eigenvalue weighted by atomic mass is 16.1. The lowest BCUT2D eigenvalue weighted by molar-refractivity contribution is 0.100. The van der Waals surface area contributed by atoms with Gasteiger partial charge in [-0.3, -0.25) is 4.79 Å². The zero-order valence-corrected chi connectivity index (χ0v) is 10.0. The minimum absolute atomic E-state index is 0.0618. The van der Waals surface area contributed by atoms with Crippen LogP contribution in [0.2, 0.25) is 0 Å². The van der Waals surface area contributed by atoms with Crippen LogP contribution in [0, 0.1) is 0 Å². The summed E-state index contributed by atoms with van der Waals surface area (Å²) in [5, 5.41) is 0. The molecular formula is C14H18N2O. The number of ketones is 1. The average Bonchev–Trinajstić information content (AvgIpc) is 2.38. The summed E-state index contributed by atoms with van der Waals surface area (Å²) < 4.78 is 0. The van der Waals surface area contributed by atoms with E-state index < -0.39 is 0 Å². The van der Waals surface area contributed by atoms with Crippen LogP contribution in [-0.4, -0.2) is 25.4 Å².